The number of carboxylic acids is 1. The van der Waals surface area contributed by atoms with Crippen LogP contribution in [0, 0.1) is 0 Å². The van der Waals surface area contributed by atoms with Crippen LogP contribution < -0.4 is 21.3 Å². The molecule has 1 unspecified atom stereocenters. The Kier molecular flexibility index (Phi) is 14.1. The van der Waals surface area contributed by atoms with Crippen molar-refractivity contribution < 1.29 is 48.1 Å². The monoisotopic (exact) mass is 650 g/mol. The van der Waals surface area contributed by atoms with Crippen LogP contribution in [-0.2, 0) is 38.2 Å². The predicted molar refractivity (Wildman–Crippen MR) is 169 cm³/mol. The molecule has 0 aromatic heterocycles. The lowest BCUT2D eigenvalue weighted by molar-refractivity contribution is -0.143. The largest absolute Gasteiger partial charge is 0.480 e. The molecule has 5 N–H and O–H groups in total. The van der Waals surface area contributed by atoms with Crippen LogP contribution >= 0.6 is 0 Å². The van der Waals surface area contributed by atoms with Crippen molar-refractivity contribution in [1.82, 2.24) is 21.3 Å². The van der Waals surface area contributed by atoms with E-state index in [1.54, 1.807) is 6.08 Å². The number of carboxylic acid groups (broad SMARTS) is 1. The van der Waals surface area contributed by atoms with E-state index in [9.17, 15) is 28.8 Å². The summed E-state index contributed by atoms with van der Waals surface area (Å²) in [5.74, 6) is -4.36. The molecule has 3 rings (SSSR count). The number of hydrogen-bond donors (Lipinski definition) is 5. The van der Waals surface area contributed by atoms with Crippen LogP contribution in [0.3, 0.4) is 0 Å². The third-order valence-electron chi connectivity index (χ3n) is 6.98. The number of carbonyl (C=O) groups is 6. The molecule has 1 aliphatic carbocycles. The van der Waals surface area contributed by atoms with Crippen molar-refractivity contribution in [3.8, 4) is 11.1 Å². The van der Waals surface area contributed by atoms with Gasteiger partial charge in [-0.15, -0.1) is 6.58 Å². The normalized spacial score (nSPS) is 12.7. The molecule has 0 spiro atoms. The summed E-state index contributed by atoms with van der Waals surface area (Å²) in [5.41, 5.74) is 4.11. The summed E-state index contributed by atoms with van der Waals surface area (Å²) >= 11 is 0. The van der Waals surface area contributed by atoms with Crippen LogP contribution in [0.2, 0.25) is 0 Å². The quantitative estimate of drug-likeness (QED) is 0.0646. The van der Waals surface area contributed by atoms with Gasteiger partial charge in [0.15, 0.2) is 0 Å². The van der Waals surface area contributed by atoms with Crippen LogP contribution in [0.5, 0.6) is 0 Å². The van der Waals surface area contributed by atoms with Gasteiger partial charge in [0, 0.05) is 18.8 Å². The molecular formula is C33H38N4O10. The van der Waals surface area contributed by atoms with E-state index in [4.69, 9.17) is 19.3 Å². The van der Waals surface area contributed by atoms with Crippen molar-refractivity contribution in [2.75, 3.05) is 33.0 Å². The number of esters is 1. The van der Waals surface area contributed by atoms with E-state index in [1.165, 1.54) is 6.08 Å². The standard InChI is InChI=1S/C33H38N4O10/c1-3-9-26(31-23-12-7-5-10-21(23)22-11-6-8-13-24(22)31)47-33(44)35-18-28(39)37-25(14-15-30(42)46-16-4-2)32(43)34-17-27(38)36-20-45-19-29(40)41/h3-8,10-13,25-26,31H,1-2,9,14-20H2,(H,34,43)(H,35,44)(H,36,38)(H,37,39)(H,40,41)/t25?,26-/m0/s1. The molecule has 0 saturated carbocycles. The highest BCUT2D eigenvalue weighted by atomic mass is 16.6. The SMILES string of the molecule is C=CCOC(=O)CCC(NC(=O)CNC(=O)O[C@@H](CC=C)C1c2ccccc2-c2ccccc21)C(=O)NCC(=O)NCOCC(=O)O. The predicted octanol–water partition coefficient (Wildman–Crippen LogP) is 1.76. The molecule has 4 amide bonds. The van der Waals surface area contributed by atoms with Crippen LogP contribution in [-0.4, -0.2) is 86.0 Å². The molecule has 2 aromatic carbocycles. The van der Waals surface area contributed by atoms with Gasteiger partial charge >= 0.3 is 18.0 Å². The van der Waals surface area contributed by atoms with Gasteiger partial charge in [0.2, 0.25) is 17.7 Å². The first-order chi connectivity index (χ1) is 22.6. The van der Waals surface area contributed by atoms with Crippen molar-refractivity contribution >= 4 is 35.8 Å². The third kappa shape index (κ3) is 11.1. The van der Waals surface area contributed by atoms with E-state index in [0.29, 0.717) is 6.42 Å². The average molecular weight is 651 g/mol. The maximum Gasteiger partial charge on any atom is 0.407 e. The zero-order valence-corrected chi connectivity index (χ0v) is 25.7. The first kappa shape index (κ1) is 36.0. The maximum atomic E-state index is 12.9. The Bertz CT molecular complexity index is 1430. The fraction of sp³-hybridized carbons (Fsp3) is 0.333. The van der Waals surface area contributed by atoms with E-state index in [-0.39, 0.29) is 25.4 Å². The van der Waals surface area contributed by atoms with Crippen molar-refractivity contribution in [1.29, 1.82) is 0 Å². The highest BCUT2D eigenvalue weighted by Gasteiger charge is 2.36. The molecule has 0 aliphatic heterocycles. The number of aliphatic carboxylic acids is 1. The molecular weight excluding hydrogens is 612 g/mol. The highest BCUT2D eigenvalue weighted by Crippen LogP contribution is 2.47. The van der Waals surface area contributed by atoms with E-state index in [2.05, 4.69) is 34.4 Å². The minimum atomic E-state index is -1.27. The summed E-state index contributed by atoms with van der Waals surface area (Å²) < 4.78 is 15.4. The molecule has 2 aromatic rings. The minimum absolute atomic E-state index is 0.0386. The lowest BCUT2D eigenvalue weighted by Gasteiger charge is -2.25. The van der Waals surface area contributed by atoms with Gasteiger partial charge in [-0.05, 0) is 28.7 Å². The molecule has 0 heterocycles. The summed E-state index contributed by atoms with van der Waals surface area (Å²) in [5, 5.41) is 18.0. The Labute approximate surface area is 271 Å². The Morgan fingerprint density at radius 1 is 0.851 bits per heavy atom. The van der Waals surface area contributed by atoms with E-state index in [0.717, 1.165) is 22.3 Å². The average Bonchev–Trinajstić information content (AvgIpc) is 3.39. The molecule has 47 heavy (non-hydrogen) atoms. The van der Waals surface area contributed by atoms with Gasteiger partial charge in [-0.1, -0.05) is 67.3 Å². The van der Waals surface area contributed by atoms with Gasteiger partial charge < -0.3 is 40.6 Å². The number of alkyl carbamates (subject to hydrolysis) is 1. The smallest absolute Gasteiger partial charge is 0.407 e. The summed E-state index contributed by atoms with van der Waals surface area (Å²) in [4.78, 5) is 73.0. The van der Waals surface area contributed by atoms with Crippen molar-refractivity contribution in [2.24, 2.45) is 0 Å². The maximum absolute atomic E-state index is 12.9. The summed E-state index contributed by atoms with van der Waals surface area (Å²) in [6, 6.07) is 14.5. The fourth-order valence-electron chi connectivity index (χ4n) is 4.97. The number of hydrogen-bond acceptors (Lipinski definition) is 9. The van der Waals surface area contributed by atoms with Crippen LogP contribution in [0.1, 0.15) is 36.3 Å². The van der Waals surface area contributed by atoms with Gasteiger partial charge in [0.25, 0.3) is 0 Å². The van der Waals surface area contributed by atoms with E-state index in [1.807, 2.05) is 48.5 Å². The van der Waals surface area contributed by atoms with Gasteiger partial charge in [-0.25, -0.2) is 9.59 Å². The zero-order chi connectivity index (χ0) is 34.2. The minimum Gasteiger partial charge on any atom is -0.480 e. The van der Waals surface area contributed by atoms with Gasteiger partial charge in [-0.3, -0.25) is 19.2 Å². The Hall–Kier alpha value is -5.50. The van der Waals surface area contributed by atoms with Gasteiger partial charge in [0.05, 0.1) is 6.54 Å². The van der Waals surface area contributed by atoms with Crippen molar-refractivity contribution in [3.63, 3.8) is 0 Å². The Morgan fingerprint density at radius 2 is 1.49 bits per heavy atom. The highest BCUT2D eigenvalue weighted by molar-refractivity contribution is 5.92. The first-order valence-electron chi connectivity index (χ1n) is 14.8. The number of amides is 4. The Morgan fingerprint density at radius 3 is 2.11 bits per heavy atom. The number of ether oxygens (including phenoxy) is 3. The Balaban J connectivity index is 1.58. The van der Waals surface area contributed by atoms with Crippen LogP contribution in [0.25, 0.3) is 11.1 Å². The van der Waals surface area contributed by atoms with Crippen molar-refractivity contribution in [2.45, 2.75) is 37.3 Å². The van der Waals surface area contributed by atoms with E-state index < -0.39 is 74.3 Å². The molecule has 250 valence electrons. The third-order valence-corrected chi connectivity index (χ3v) is 6.98. The fourth-order valence-corrected chi connectivity index (χ4v) is 4.97. The second-order valence-electron chi connectivity index (χ2n) is 10.3. The topological polar surface area (TPSA) is 198 Å². The molecule has 14 nitrogen and oxygen atoms in total. The second kappa shape index (κ2) is 18.5. The lowest BCUT2D eigenvalue weighted by Crippen LogP contribution is -2.51. The van der Waals surface area contributed by atoms with Gasteiger partial charge in [-0.2, -0.15) is 0 Å². The molecule has 1 aliphatic rings. The van der Waals surface area contributed by atoms with Crippen molar-refractivity contribution in [3.05, 3.63) is 85.0 Å². The van der Waals surface area contributed by atoms with Crippen LogP contribution in [0.15, 0.2) is 73.8 Å². The molecule has 0 fully saturated rings. The molecule has 2 atom stereocenters. The summed E-state index contributed by atoms with van der Waals surface area (Å²) in [6.07, 6.45) is 1.47. The van der Waals surface area contributed by atoms with Crippen LogP contribution in [0.4, 0.5) is 4.79 Å². The number of rotatable bonds is 19. The summed E-state index contributed by atoms with van der Waals surface area (Å²) in [6.45, 7) is 5.13. The molecule has 14 heteroatoms. The zero-order valence-electron chi connectivity index (χ0n) is 25.7. The second-order valence-corrected chi connectivity index (χ2v) is 10.3. The van der Waals surface area contributed by atoms with Gasteiger partial charge in [0.1, 0.15) is 38.6 Å². The number of fused-ring (bicyclic) bond motifs is 3. The summed E-state index contributed by atoms with van der Waals surface area (Å²) in [7, 11) is 0. The molecule has 0 radical (unpaired) electrons. The molecule has 0 bridgehead atoms. The number of nitrogens with one attached hydrogen (secondary N) is 4. The first-order valence-corrected chi connectivity index (χ1v) is 14.8. The molecule has 0 saturated heterocycles. The number of carbonyl (C=O) groups excluding carboxylic acids is 5. The van der Waals surface area contributed by atoms with E-state index >= 15 is 0 Å². The number of benzene rings is 2. The lowest BCUT2D eigenvalue weighted by atomic mass is 9.89.